The van der Waals surface area contributed by atoms with Gasteiger partial charge in [0.15, 0.2) is 17.5 Å². The number of pyridine rings is 3. The molecule has 4 rings (SSSR count). The van der Waals surface area contributed by atoms with Crippen molar-refractivity contribution in [3.63, 3.8) is 0 Å². The Morgan fingerprint density at radius 3 is 1.48 bits per heavy atom. The van der Waals surface area contributed by atoms with Gasteiger partial charge in [0.05, 0.1) is 0 Å². The summed E-state index contributed by atoms with van der Waals surface area (Å²) in [5.41, 5.74) is 3.11. The lowest BCUT2D eigenvalue weighted by Crippen LogP contribution is -2.02. The van der Waals surface area contributed by atoms with E-state index in [2.05, 4.69) is 29.9 Å². The molecule has 0 aromatic carbocycles. The van der Waals surface area contributed by atoms with Crippen LogP contribution in [-0.2, 0) is 0 Å². The molecule has 0 spiro atoms. The van der Waals surface area contributed by atoms with Crippen LogP contribution in [0.2, 0.25) is 0 Å². The van der Waals surface area contributed by atoms with Gasteiger partial charge in [-0.3, -0.25) is 15.0 Å². The molecule has 0 saturated heterocycles. The number of nitrogens with zero attached hydrogens (tertiary/aromatic N) is 6. The largest absolute Gasteiger partial charge is 0.253 e. The van der Waals surface area contributed by atoms with Gasteiger partial charge in [-0.25, -0.2) is 15.0 Å². The molecule has 4 aromatic rings. The van der Waals surface area contributed by atoms with Crippen LogP contribution in [0.5, 0.6) is 0 Å². The molecule has 120 valence electrons. The first-order valence-electron chi connectivity index (χ1n) is 7.81. The van der Waals surface area contributed by atoms with Gasteiger partial charge >= 0.3 is 0 Å². The van der Waals surface area contributed by atoms with Crippen LogP contribution in [0.15, 0.2) is 67.1 Å². The van der Waals surface area contributed by atoms with E-state index in [9.17, 15) is 0 Å². The number of rotatable bonds is 3. The van der Waals surface area contributed by atoms with E-state index in [1.165, 1.54) is 0 Å². The minimum atomic E-state index is 0.494. The molecular formula is C19H14N6. The summed E-state index contributed by atoms with van der Waals surface area (Å²) in [6.07, 6.45) is 5.22. The molecule has 0 N–H and O–H groups in total. The predicted octanol–water partition coefficient (Wildman–Crippen LogP) is 3.37. The summed E-state index contributed by atoms with van der Waals surface area (Å²) in [5, 5.41) is 0. The maximum absolute atomic E-state index is 4.55. The van der Waals surface area contributed by atoms with Crippen molar-refractivity contribution in [3.05, 3.63) is 72.7 Å². The van der Waals surface area contributed by atoms with Crippen molar-refractivity contribution in [1.82, 2.24) is 29.9 Å². The molecule has 0 saturated carbocycles. The molecule has 6 heteroatoms. The van der Waals surface area contributed by atoms with Gasteiger partial charge in [-0.1, -0.05) is 18.2 Å². The molecule has 0 aliphatic carbocycles. The second kappa shape index (κ2) is 6.52. The van der Waals surface area contributed by atoms with Gasteiger partial charge < -0.3 is 0 Å². The van der Waals surface area contributed by atoms with Gasteiger partial charge in [-0.05, 0) is 42.8 Å². The normalized spacial score (nSPS) is 10.6. The van der Waals surface area contributed by atoms with Gasteiger partial charge in [-0.2, -0.15) is 0 Å². The zero-order chi connectivity index (χ0) is 17.1. The van der Waals surface area contributed by atoms with Crippen molar-refractivity contribution in [2.24, 2.45) is 0 Å². The average Bonchev–Trinajstić information content (AvgIpc) is 2.69. The van der Waals surface area contributed by atoms with Gasteiger partial charge in [0.25, 0.3) is 0 Å². The number of aryl methyl sites for hydroxylation is 1. The Balaban J connectivity index is 1.90. The lowest BCUT2D eigenvalue weighted by atomic mass is 10.2. The standard InChI is InChI=1S/C19H14N6/c1-13-8-9-16(22-12-13)19-24-17(14-6-2-4-10-20-14)23-18(25-19)15-7-3-5-11-21-15/h2-12H,1H3. The molecule has 0 fully saturated rings. The third-order valence-electron chi connectivity index (χ3n) is 3.56. The van der Waals surface area contributed by atoms with E-state index in [4.69, 9.17) is 0 Å². The van der Waals surface area contributed by atoms with Gasteiger partial charge in [0.2, 0.25) is 0 Å². The summed E-state index contributed by atoms with van der Waals surface area (Å²) in [7, 11) is 0. The van der Waals surface area contributed by atoms with Crippen LogP contribution >= 0.6 is 0 Å². The Labute approximate surface area is 144 Å². The fraction of sp³-hybridized carbons (Fsp3) is 0.0526. The van der Waals surface area contributed by atoms with E-state index >= 15 is 0 Å². The van der Waals surface area contributed by atoms with Crippen LogP contribution < -0.4 is 0 Å². The zero-order valence-electron chi connectivity index (χ0n) is 13.5. The summed E-state index contributed by atoms with van der Waals surface area (Å²) >= 11 is 0. The van der Waals surface area contributed by atoms with Crippen LogP contribution in [0.1, 0.15) is 5.56 Å². The van der Waals surface area contributed by atoms with E-state index in [-0.39, 0.29) is 0 Å². The van der Waals surface area contributed by atoms with Crippen molar-refractivity contribution < 1.29 is 0 Å². The molecule has 4 heterocycles. The Morgan fingerprint density at radius 2 is 1.08 bits per heavy atom. The monoisotopic (exact) mass is 326 g/mol. The molecule has 4 aromatic heterocycles. The van der Waals surface area contributed by atoms with Crippen molar-refractivity contribution in [3.8, 4) is 34.6 Å². The minimum absolute atomic E-state index is 0.494. The number of aromatic nitrogens is 6. The summed E-state index contributed by atoms with van der Waals surface area (Å²) in [6, 6.07) is 15.1. The first-order valence-corrected chi connectivity index (χ1v) is 7.81. The van der Waals surface area contributed by atoms with Crippen LogP contribution in [0.3, 0.4) is 0 Å². The van der Waals surface area contributed by atoms with Gasteiger partial charge in [0, 0.05) is 18.6 Å². The maximum Gasteiger partial charge on any atom is 0.182 e. The fourth-order valence-electron chi connectivity index (χ4n) is 2.31. The summed E-state index contributed by atoms with van der Waals surface area (Å²) in [5.74, 6) is 1.48. The molecular weight excluding hydrogens is 312 g/mol. The van der Waals surface area contributed by atoms with E-state index in [1.54, 1.807) is 18.6 Å². The Bertz CT molecular complexity index is 928. The van der Waals surface area contributed by atoms with E-state index < -0.39 is 0 Å². The summed E-state index contributed by atoms with van der Waals surface area (Å²) < 4.78 is 0. The maximum atomic E-state index is 4.55. The Morgan fingerprint density at radius 1 is 0.560 bits per heavy atom. The molecule has 6 nitrogen and oxygen atoms in total. The quantitative estimate of drug-likeness (QED) is 0.574. The molecule has 0 unspecified atom stereocenters. The molecule has 0 bridgehead atoms. The lowest BCUT2D eigenvalue weighted by Gasteiger charge is -2.06. The second-order valence-corrected chi connectivity index (χ2v) is 5.46. The summed E-state index contributed by atoms with van der Waals surface area (Å²) in [4.78, 5) is 26.8. The third kappa shape index (κ3) is 3.23. The Kier molecular flexibility index (Phi) is 3.92. The second-order valence-electron chi connectivity index (χ2n) is 5.46. The predicted molar refractivity (Wildman–Crippen MR) is 94.3 cm³/mol. The topological polar surface area (TPSA) is 77.3 Å². The van der Waals surface area contributed by atoms with Gasteiger partial charge in [-0.15, -0.1) is 0 Å². The number of hydrogen-bond donors (Lipinski definition) is 0. The van der Waals surface area contributed by atoms with Crippen LogP contribution in [-0.4, -0.2) is 29.9 Å². The first-order chi connectivity index (χ1) is 12.3. The highest BCUT2D eigenvalue weighted by Crippen LogP contribution is 2.21. The smallest absolute Gasteiger partial charge is 0.182 e. The van der Waals surface area contributed by atoms with Crippen LogP contribution in [0.4, 0.5) is 0 Å². The zero-order valence-corrected chi connectivity index (χ0v) is 13.5. The Hall–Kier alpha value is -3.54. The molecule has 0 amide bonds. The van der Waals surface area contributed by atoms with E-state index in [0.717, 1.165) is 5.56 Å². The molecule has 0 radical (unpaired) electrons. The lowest BCUT2D eigenvalue weighted by molar-refractivity contribution is 1.03. The first kappa shape index (κ1) is 15.0. The van der Waals surface area contributed by atoms with Crippen LogP contribution in [0, 0.1) is 6.92 Å². The number of hydrogen-bond acceptors (Lipinski definition) is 6. The van der Waals surface area contributed by atoms with E-state index in [0.29, 0.717) is 34.6 Å². The van der Waals surface area contributed by atoms with Crippen molar-refractivity contribution in [1.29, 1.82) is 0 Å². The SMILES string of the molecule is Cc1ccc(-c2nc(-c3ccccn3)nc(-c3ccccn3)n2)nc1. The fourth-order valence-corrected chi connectivity index (χ4v) is 2.31. The molecule has 0 atom stereocenters. The highest BCUT2D eigenvalue weighted by atomic mass is 15.1. The van der Waals surface area contributed by atoms with Crippen LogP contribution in [0.25, 0.3) is 34.6 Å². The minimum Gasteiger partial charge on any atom is -0.253 e. The summed E-state index contributed by atoms with van der Waals surface area (Å²) in [6.45, 7) is 1.99. The molecule has 25 heavy (non-hydrogen) atoms. The highest BCUT2D eigenvalue weighted by molar-refractivity contribution is 5.61. The molecule has 0 aliphatic heterocycles. The van der Waals surface area contributed by atoms with Gasteiger partial charge in [0.1, 0.15) is 17.1 Å². The average molecular weight is 326 g/mol. The van der Waals surface area contributed by atoms with Crippen molar-refractivity contribution in [2.45, 2.75) is 6.92 Å². The molecule has 0 aliphatic rings. The van der Waals surface area contributed by atoms with Crippen molar-refractivity contribution >= 4 is 0 Å². The highest BCUT2D eigenvalue weighted by Gasteiger charge is 2.13. The van der Waals surface area contributed by atoms with E-state index in [1.807, 2.05) is 55.5 Å². The third-order valence-corrected chi connectivity index (χ3v) is 3.56. The van der Waals surface area contributed by atoms with Crippen molar-refractivity contribution in [2.75, 3.05) is 0 Å².